The van der Waals surface area contributed by atoms with Crippen LogP contribution in [-0.2, 0) is 19.5 Å². The summed E-state index contributed by atoms with van der Waals surface area (Å²) in [6.07, 6.45) is 5.94. The second kappa shape index (κ2) is 11.3. The number of hydrogen-bond donors (Lipinski definition) is 2. The van der Waals surface area contributed by atoms with Gasteiger partial charge in [-0.05, 0) is 41.1 Å². The van der Waals surface area contributed by atoms with E-state index in [1.54, 1.807) is 16.7 Å². The van der Waals surface area contributed by atoms with E-state index >= 15 is 0 Å². The molecule has 0 aliphatic rings. The lowest BCUT2D eigenvalue weighted by Gasteiger charge is -2.10. The molecule has 5 aromatic rings. The molecule has 1 amide bonds. The number of carbonyl (C=O) groups excluding carboxylic acids is 1. The van der Waals surface area contributed by atoms with Gasteiger partial charge in [0.1, 0.15) is 6.61 Å². The van der Waals surface area contributed by atoms with Crippen molar-refractivity contribution in [3.05, 3.63) is 98.0 Å². The Balaban J connectivity index is 1.30. The molecule has 2 heterocycles. The zero-order valence-electron chi connectivity index (χ0n) is 20.8. The predicted molar refractivity (Wildman–Crippen MR) is 149 cm³/mol. The molecule has 10 nitrogen and oxygen atoms in total. The minimum Gasteiger partial charge on any atom is -0.447 e. The van der Waals surface area contributed by atoms with Gasteiger partial charge in [-0.25, -0.2) is 23.2 Å². The highest BCUT2D eigenvalue weighted by atomic mass is 32.2. The van der Waals surface area contributed by atoms with Crippen molar-refractivity contribution in [1.29, 1.82) is 0 Å². The molecule has 0 unspecified atom stereocenters. The fourth-order valence-electron chi connectivity index (χ4n) is 3.90. The van der Waals surface area contributed by atoms with E-state index in [1.165, 1.54) is 30.5 Å². The van der Waals surface area contributed by atoms with Crippen molar-refractivity contribution in [2.45, 2.75) is 4.90 Å². The molecule has 0 aliphatic heterocycles. The van der Waals surface area contributed by atoms with Crippen LogP contribution in [0.25, 0.3) is 27.7 Å². The van der Waals surface area contributed by atoms with E-state index < -0.39 is 16.1 Å². The SMILES string of the molecule is C=CCOCCOC(=O)Nc1ccc(S(=O)(=O)Nc2nccn3cc(-c4ccc5ccccc5c4)nc23)cc1. The third-order valence-electron chi connectivity index (χ3n) is 5.76. The molecular weight excluding hydrogens is 518 g/mol. The number of sulfonamides is 1. The van der Waals surface area contributed by atoms with Gasteiger partial charge >= 0.3 is 6.09 Å². The predicted octanol–water partition coefficient (Wildman–Crippen LogP) is 5.10. The summed E-state index contributed by atoms with van der Waals surface area (Å²) in [7, 11) is -3.99. The number of ether oxygens (including phenoxy) is 2. The number of carbonyl (C=O) groups is 1. The smallest absolute Gasteiger partial charge is 0.411 e. The van der Waals surface area contributed by atoms with Crippen LogP contribution in [0.2, 0.25) is 0 Å². The normalized spacial score (nSPS) is 11.4. The Morgan fingerprint density at radius 1 is 1.03 bits per heavy atom. The quantitative estimate of drug-likeness (QED) is 0.185. The molecule has 0 atom stereocenters. The van der Waals surface area contributed by atoms with E-state index in [9.17, 15) is 13.2 Å². The largest absolute Gasteiger partial charge is 0.447 e. The van der Waals surface area contributed by atoms with Gasteiger partial charge in [0.15, 0.2) is 11.5 Å². The lowest BCUT2D eigenvalue weighted by Crippen LogP contribution is -2.17. The highest BCUT2D eigenvalue weighted by Crippen LogP contribution is 2.26. The van der Waals surface area contributed by atoms with E-state index in [4.69, 9.17) is 9.47 Å². The number of rotatable bonds is 10. The minimum atomic E-state index is -3.99. The van der Waals surface area contributed by atoms with Crippen LogP contribution in [-0.4, -0.2) is 48.7 Å². The van der Waals surface area contributed by atoms with Crippen molar-refractivity contribution in [1.82, 2.24) is 14.4 Å². The minimum absolute atomic E-state index is 0.00986. The maximum absolute atomic E-state index is 13.1. The number of benzene rings is 3. The first-order chi connectivity index (χ1) is 18.9. The summed E-state index contributed by atoms with van der Waals surface area (Å²) in [5.41, 5.74) is 2.32. The lowest BCUT2D eigenvalue weighted by atomic mass is 10.1. The lowest BCUT2D eigenvalue weighted by molar-refractivity contribution is 0.0922. The van der Waals surface area contributed by atoms with Crippen LogP contribution >= 0.6 is 0 Å². The molecule has 2 aromatic heterocycles. The van der Waals surface area contributed by atoms with Crippen molar-refractivity contribution in [2.24, 2.45) is 0 Å². The number of amides is 1. The second-order valence-electron chi connectivity index (χ2n) is 8.45. The van der Waals surface area contributed by atoms with Crippen LogP contribution in [0.15, 0.2) is 103 Å². The number of nitrogens with one attached hydrogen (secondary N) is 2. The Bertz CT molecular complexity index is 1750. The van der Waals surface area contributed by atoms with Gasteiger partial charge in [-0.3, -0.25) is 10.0 Å². The van der Waals surface area contributed by atoms with Gasteiger partial charge in [-0.1, -0.05) is 42.5 Å². The average Bonchev–Trinajstić information content (AvgIpc) is 3.38. The van der Waals surface area contributed by atoms with Crippen molar-refractivity contribution >= 4 is 44.0 Å². The number of aromatic nitrogens is 3. The van der Waals surface area contributed by atoms with E-state index in [0.29, 0.717) is 23.6 Å². The summed E-state index contributed by atoms with van der Waals surface area (Å²) >= 11 is 0. The number of imidazole rings is 1. The third-order valence-corrected chi connectivity index (χ3v) is 7.11. The molecule has 0 saturated carbocycles. The first-order valence-corrected chi connectivity index (χ1v) is 13.5. The molecule has 2 N–H and O–H groups in total. The zero-order valence-corrected chi connectivity index (χ0v) is 21.6. The highest BCUT2D eigenvalue weighted by molar-refractivity contribution is 7.92. The summed E-state index contributed by atoms with van der Waals surface area (Å²) in [6, 6.07) is 19.7. The Hall–Kier alpha value is -4.74. The first kappa shape index (κ1) is 25.9. The molecule has 0 bridgehead atoms. The van der Waals surface area contributed by atoms with Crippen molar-refractivity contribution in [3.8, 4) is 11.3 Å². The standard InChI is InChI=1S/C28H25N5O5S/c1-2-15-37-16-17-38-28(34)30-23-9-11-24(12-10-23)39(35,36)32-26-27-31-25(19-33(27)14-13-29-26)22-8-7-20-5-3-4-6-21(20)18-22/h2-14,18-19H,1,15-17H2,(H,29,32)(H,30,34). The number of anilines is 2. The maximum atomic E-state index is 13.1. The van der Waals surface area contributed by atoms with Crippen LogP contribution in [0.1, 0.15) is 0 Å². The topological polar surface area (TPSA) is 124 Å². The summed E-state index contributed by atoms with van der Waals surface area (Å²) in [5, 5.41) is 4.73. The fourth-order valence-corrected chi connectivity index (χ4v) is 4.91. The van der Waals surface area contributed by atoms with Crippen molar-refractivity contribution < 1.29 is 22.7 Å². The van der Waals surface area contributed by atoms with Crippen molar-refractivity contribution in [2.75, 3.05) is 29.9 Å². The van der Waals surface area contributed by atoms with Gasteiger partial charge < -0.3 is 13.9 Å². The van der Waals surface area contributed by atoms with Crippen LogP contribution in [0.5, 0.6) is 0 Å². The van der Waals surface area contributed by atoms with Gasteiger partial charge in [0.2, 0.25) is 0 Å². The van der Waals surface area contributed by atoms with E-state index in [0.717, 1.165) is 16.3 Å². The van der Waals surface area contributed by atoms with Crippen LogP contribution < -0.4 is 10.0 Å². The molecule has 0 spiro atoms. The Morgan fingerprint density at radius 2 is 1.82 bits per heavy atom. The Kier molecular flexibility index (Phi) is 7.53. The summed E-state index contributed by atoms with van der Waals surface area (Å²) < 4.78 is 40.6. The van der Waals surface area contributed by atoms with Crippen LogP contribution in [0.3, 0.4) is 0 Å². The molecule has 198 valence electrons. The molecule has 0 aliphatic carbocycles. The molecule has 3 aromatic carbocycles. The first-order valence-electron chi connectivity index (χ1n) is 12.0. The number of nitrogens with zero attached hydrogens (tertiary/aromatic N) is 3. The summed E-state index contributed by atoms with van der Waals surface area (Å²) in [5.74, 6) is 0.0917. The van der Waals surface area contributed by atoms with E-state index in [2.05, 4.69) is 26.6 Å². The van der Waals surface area contributed by atoms with Gasteiger partial charge in [-0.2, -0.15) is 0 Å². The van der Waals surface area contributed by atoms with Crippen molar-refractivity contribution in [3.63, 3.8) is 0 Å². The summed E-state index contributed by atoms with van der Waals surface area (Å²) in [6.45, 7) is 4.21. The zero-order chi connectivity index (χ0) is 27.2. The molecule has 0 saturated heterocycles. The monoisotopic (exact) mass is 543 g/mol. The maximum Gasteiger partial charge on any atom is 0.411 e. The Morgan fingerprint density at radius 3 is 2.62 bits per heavy atom. The van der Waals surface area contributed by atoms with Crippen LogP contribution in [0.4, 0.5) is 16.3 Å². The van der Waals surface area contributed by atoms with E-state index in [-0.39, 0.29) is 23.9 Å². The number of hydrogen-bond acceptors (Lipinski definition) is 7. The third kappa shape index (κ3) is 6.06. The molecule has 0 fully saturated rings. The summed E-state index contributed by atoms with van der Waals surface area (Å²) in [4.78, 5) is 20.8. The molecule has 0 radical (unpaired) electrons. The van der Waals surface area contributed by atoms with E-state index in [1.807, 2.05) is 48.7 Å². The fraction of sp³-hybridized carbons (Fsp3) is 0.107. The number of fused-ring (bicyclic) bond motifs is 2. The Labute approximate surface area is 225 Å². The second-order valence-corrected chi connectivity index (χ2v) is 10.1. The highest BCUT2D eigenvalue weighted by Gasteiger charge is 2.19. The van der Waals surface area contributed by atoms with Gasteiger partial charge in [0.25, 0.3) is 10.0 Å². The average molecular weight is 544 g/mol. The van der Waals surface area contributed by atoms with Crippen LogP contribution in [0, 0.1) is 0 Å². The molecular formula is C28H25N5O5S. The molecule has 39 heavy (non-hydrogen) atoms. The molecule has 5 rings (SSSR count). The van der Waals surface area contributed by atoms with Gasteiger partial charge in [0.05, 0.1) is 23.8 Å². The van der Waals surface area contributed by atoms with Gasteiger partial charge in [0, 0.05) is 29.8 Å². The van der Waals surface area contributed by atoms with Gasteiger partial charge in [-0.15, -0.1) is 6.58 Å². The molecule has 11 heteroatoms.